The van der Waals surface area contributed by atoms with Crippen molar-refractivity contribution in [3.05, 3.63) is 0 Å². The Bertz CT molecular complexity index is 103. The second kappa shape index (κ2) is 5.82. The SMILES string of the molecule is O=CCCCO[P+](=O)O. The zero-order chi connectivity index (χ0) is 7.11. The summed E-state index contributed by atoms with van der Waals surface area (Å²) >= 11 is 0. The lowest BCUT2D eigenvalue weighted by molar-refractivity contribution is -0.108. The molecule has 0 aliphatic carbocycles. The average molecular weight is 151 g/mol. The molecule has 1 unspecified atom stereocenters. The Morgan fingerprint density at radius 1 is 1.67 bits per heavy atom. The van der Waals surface area contributed by atoms with Gasteiger partial charge in [-0.25, -0.2) is 0 Å². The molecule has 0 aromatic rings. The molecule has 4 nitrogen and oxygen atoms in total. The maximum atomic E-state index is 9.80. The molecule has 0 aromatic heterocycles. The minimum Gasteiger partial charge on any atom is -0.303 e. The van der Waals surface area contributed by atoms with Gasteiger partial charge in [-0.15, -0.1) is 9.42 Å². The van der Waals surface area contributed by atoms with Crippen LogP contribution in [0.15, 0.2) is 0 Å². The first kappa shape index (κ1) is 8.69. The van der Waals surface area contributed by atoms with Crippen molar-refractivity contribution >= 4 is 14.5 Å². The van der Waals surface area contributed by atoms with Crippen molar-refractivity contribution in [3.63, 3.8) is 0 Å². The second-order valence-electron chi connectivity index (χ2n) is 1.38. The molecule has 0 aliphatic heterocycles. The first-order valence-electron chi connectivity index (χ1n) is 2.50. The van der Waals surface area contributed by atoms with Crippen molar-refractivity contribution in [1.29, 1.82) is 0 Å². The van der Waals surface area contributed by atoms with Gasteiger partial charge in [0, 0.05) is 11.0 Å². The van der Waals surface area contributed by atoms with E-state index >= 15 is 0 Å². The lowest BCUT2D eigenvalue weighted by atomic mass is 10.4. The smallest absolute Gasteiger partial charge is 0.303 e. The van der Waals surface area contributed by atoms with E-state index in [1.807, 2.05) is 0 Å². The lowest BCUT2D eigenvalue weighted by Crippen LogP contribution is -1.86. The van der Waals surface area contributed by atoms with Crippen LogP contribution in [0.3, 0.4) is 0 Å². The van der Waals surface area contributed by atoms with Crippen molar-refractivity contribution < 1.29 is 18.8 Å². The van der Waals surface area contributed by atoms with E-state index in [1.165, 1.54) is 0 Å². The quantitative estimate of drug-likeness (QED) is 0.355. The van der Waals surface area contributed by atoms with E-state index in [4.69, 9.17) is 4.89 Å². The van der Waals surface area contributed by atoms with E-state index in [9.17, 15) is 9.36 Å². The monoisotopic (exact) mass is 151 g/mol. The van der Waals surface area contributed by atoms with Gasteiger partial charge in [0.25, 0.3) is 0 Å². The number of unbranched alkanes of at least 4 members (excludes halogenated alkanes) is 1. The van der Waals surface area contributed by atoms with E-state index in [1.54, 1.807) is 0 Å². The third kappa shape index (κ3) is 7.69. The van der Waals surface area contributed by atoms with Crippen molar-refractivity contribution in [2.45, 2.75) is 12.8 Å². The molecule has 0 aromatic carbocycles. The molecule has 1 N–H and O–H groups in total. The maximum Gasteiger partial charge on any atom is 0.694 e. The number of hydrogen-bond acceptors (Lipinski definition) is 3. The summed E-state index contributed by atoms with van der Waals surface area (Å²) in [6, 6.07) is 0. The van der Waals surface area contributed by atoms with E-state index in [0.717, 1.165) is 6.29 Å². The van der Waals surface area contributed by atoms with Gasteiger partial charge in [-0.3, -0.25) is 0 Å². The maximum absolute atomic E-state index is 9.80. The minimum atomic E-state index is -2.48. The molecular weight excluding hydrogens is 143 g/mol. The van der Waals surface area contributed by atoms with Crippen LogP contribution >= 0.6 is 8.25 Å². The van der Waals surface area contributed by atoms with Crippen molar-refractivity contribution in [3.8, 4) is 0 Å². The molecule has 0 aliphatic rings. The van der Waals surface area contributed by atoms with Gasteiger partial charge in [-0.2, -0.15) is 0 Å². The predicted octanol–water partition coefficient (Wildman–Crippen LogP) is 0.632. The van der Waals surface area contributed by atoms with E-state index in [-0.39, 0.29) is 6.61 Å². The molecule has 0 fully saturated rings. The highest BCUT2D eigenvalue weighted by Crippen LogP contribution is 2.14. The summed E-state index contributed by atoms with van der Waals surface area (Å²) in [5.74, 6) is 0. The first-order valence-corrected chi connectivity index (χ1v) is 3.63. The molecule has 0 saturated heterocycles. The summed E-state index contributed by atoms with van der Waals surface area (Å²) in [7, 11) is -2.48. The molecule has 1 atom stereocenters. The molecule has 0 radical (unpaired) electrons. The Labute approximate surface area is 53.8 Å². The molecule has 0 amide bonds. The van der Waals surface area contributed by atoms with Crippen LogP contribution in [0.5, 0.6) is 0 Å². The molecule has 0 heterocycles. The summed E-state index contributed by atoms with van der Waals surface area (Å²) in [4.78, 5) is 17.7. The van der Waals surface area contributed by atoms with Crippen LogP contribution in [0, 0.1) is 0 Å². The van der Waals surface area contributed by atoms with E-state index < -0.39 is 8.25 Å². The van der Waals surface area contributed by atoms with Crippen LogP contribution in [0.4, 0.5) is 0 Å². The molecular formula is C4H8O4P+. The third-order valence-electron chi connectivity index (χ3n) is 0.668. The average Bonchev–Trinajstić information content (AvgIpc) is 1.80. The van der Waals surface area contributed by atoms with Gasteiger partial charge in [-0.05, 0) is 6.42 Å². The van der Waals surface area contributed by atoms with E-state index in [2.05, 4.69) is 4.52 Å². The fraction of sp³-hybridized carbons (Fsp3) is 0.750. The van der Waals surface area contributed by atoms with Gasteiger partial charge in [0.15, 0.2) is 0 Å². The summed E-state index contributed by atoms with van der Waals surface area (Å²) in [6.07, 6.45) is 1.63. The summed E-state index contributed by atoms with van der Waals surface area (Å²) in [6.45, 7) is 0.171. The van der Waals surface area contributed by atoms with Crippen LogP contribution in [0.2, 0.25) is 0 Å². The van der Waals surface area contributed by atoms with Crippen molar-refractivity contribution in [2.75, 3.05) is 6.61 Å². The number of aldehydes is 1. The molecule has 0 saturated carbocycles. The van der Waals surface area contributed by atoms with Gasteiger partial charge in [0.2, 0.25) is 0 Å². The van der Waals surface area contributed by atoms with Crippen LogP contribution in [-0.4, -0.2) is 17.8 Å². The number of carbonyl (C=O) groups is 1. The highest BCUT2D eigenvalue weighted by molar-refractivity contribution is 7.32. The van der Waals surface area contributed by atoms with Crippen LogP contribution in [0.25, 0.3) is 0 Å². The zero-order valence-electron chi connectivity index (χ0n) is 4.82. The lowest BCUT2D eigenvalue weighted by Gasteiger charge is -1.82. The Morgan fingerprint density at radius 3 is 2.78 bits per heavy atom. The normalized spacial score (nSPS) is 11.0. The molecule has 5 heteroatoms. The third-order valence-corrected chi connectivity index (χ3v) is 1.07. The van der Waals surface area contributed by atoms with Gasteiger partial charge in [0.1, 0.15) is 12.9 Å². The summed E-state index contributed by atoms with van der Waals surface area (Å²) in [5, 5.41) is 0. The minimum absolute atomic E-state index is 0.171. The van der Waals surface area contributed by atoms with Gasteiger partial charge >= 0.3 is 8.25 Å². The fourth-order valence-corrected chi connectivity index (χ4v) is 0.595. The topological polar surface area (TPSA) is 63.6 Å². The van der Waals surface area contributed by atoms with Gasteiger partial charge < -0.3 is 4.79 Å². The predicted molar refractivity (Wildman–Crippen MR) is 31.1 cm³/mol. The Kier molecular flexibility index (Phi) is 5.62. The highest BCUT2D eigenvalue weighted by atomic mass is 31.1. The number of rotatable bonds is 5. The van der Waals surface area contributed by atoms with Crippen molar-refractivity contribution in [1.82, 2.24) is 0 Å². The molecule has 52 valence electrons. The van der Waals surface area contributed by atoms with Gasteiger partial charge in [0.05, 0.1) is 0 Å². The van der Waals surface area contributed by atoms with Crippen LogP contribution < -0.4 is 0 Å². The second-order valence-corrected chi connectivity index (χ2v) is 2.11. The Hall–Kier alpha value is -0.310. The molecule has 9 heavy (non-hydrogen) atoms. The summed E-state index contributed by atoms with van der Waals surface area (Å²) < 4.78 is 14.0. The first-order chi connectivity index (χ1) is 4.27. The number of carbonyl (C=O) groups excluding carboxylic acids is 1. The number of hydrogen-bond donors (Lipinski definition) is 1. The standard InChI is InChI=1S/C4H7O4P/c5-3-1-2-4-8-9(6)7/h3H,1-2,4H2/p+1. The summed E-state index contributed by atoms with van der Waals surface area (Å²) in [5.41, 5.74) is 0. The Morgan fingerprint density at radius 2 is 2.33 bits per heavy atom. The van der Waals surface area contributed by atoms with Crippen LogP contribution in [0.1, 0.15) is 12.8 Å². The molecule has 0 bridgehead atoms. The highest BCUT2D eigenvalue weighted by Gasteiger charge is 2.09. The molecule has 0 spiro atoms. The fourth-order valence-electron chi connectivity index (χ4n) is 0.309. The molecule has 0 rings (SSSR count). The van der Waals surface area contributed by atoms with Crippen molar-refractivity contribution in [2.24, 2.45) is 0 Å². The largest absolute Gasteiger partial charge is 0.694 e. The van der Waals surface area contributed by atoms with Crippen LogP contribution in [-0.2, 0) is 13.9 Å². The van der Waals surface area contributed by atoms with E-state index in [0.29, 0.717) is 12.8 Å². The Balaban J connectivity index is 2.91. The van der Waals surface area contributed by atoms with Gasteiger partial charge in [-0.1, -0.05) is 0 Å². The zero-order valence-corrected chi connectivity index (χ0v) is 5.71.